The van der Waals surface area contributed by atoms with Crippen molar-refractivity contribution < 1.29 is 4.79 Å². The van der Waals surface area contributed by atoms with Crippen molar-refractivity contribution in [2.24, 2.45) is 0 Å². The van der Waals surface area contributed by atoms with Crippen molar-refractivity contribution in [3.05, 3.63) is 64.0 Å². The molecule has 22 heavy (non-hydrogen) atoms. The first-order chi connectivity index (χ1) is 10.6. The summed E-state index contributed by atoms with van der Waals surface area (Å²) in [5.74, 6) is -0.151. The third-order valence-corrected chi connectivity index (χ3v) is 4.28. The Morgan fingerprint density at radius 1 is 1.27 bits per heavy atom. The second-order valence-corrected chi connectivity index (χ2v) is 5.93. The Morgan fingerprint density at radius 3 is 2.77 bits per heavy atom. The van der Waals surface area contributed by atoms with E-state index in [0.29, 0.717) is 12.1 Å². The number of rotatable bonds is 3. The lowest BCUT2D eigenvalue weighted by atomic mass is 10.2. The van der Waals surface area contributed by atoms with Crippen molar-refractivity contribution in [3.8, 4) is 0 Å². The molecule has 0 saturated heterocycles. The maximum Gasteiger partial charge on any atom is 0.274 e. The average molecular weight is 358 g/mol. The Hall–Kier alpha value is -2.14. The largest absolute Gasteiger partial charge is 0.320 e. The molecule has 1 N–H and O–H groups in total. The number of aromatic nitrogens is 2. The Balaban J connectivity index is 2.07. The standard InChI is InChI=1S/C17H16BrN3O/c1-3-13-15(21-10-6-7-11(2)16(21)19-13)17(22)20-14-9-5-4-8-12(14)18/h4-10H,3H2,1-2H3,(H,20,22). The van der Waals surface area contributed by atoms with Gasteiger partial charge in [0.1, 0.15) is 11.3 Å². The molecule has 2 aromatic heterocycles. The predicted molar refractivity (Wildman–Crippen MR) is 91.4 cm³/mol. The summed E-state index contributed by atoms with van der Waals surface area (Å²) in [6.45, 7) is 4.00. The molecule has 0 spiro atoms. The molecule has 3 rings (SSSR count). The van der Waals surface area contributed by atoms with Crippen LogP contribution in [0.2, 0.25) is 0 Å². The Kier molecular flexibility index (Phi) is 3.98. The van der Waals surface area contributed by atoms with Crippen molar-refractivity contribution in [2.45, 2.75) is 20.3 Å². The third kappa shape index (κ3) is 2.52. The zero-order chi connectivity index (χ0) is 15.7. The van der Waals surface area contributed by atoms with Crippen molar-refractivity contribution in [1.29, 1.82) is 0 Å². The molecule has 5 heteroatoms. The fourth-order valence-corrected chi connectivity index (χ4v) is 2.87. The average Bonchev–Trinajstić information content (AvgIpc) is 2.89. The van der Waals surface area contributed by atoms with Gasteiger partial charge in [-0.15, -0.1) is 0 Å². The summed E-state index contributed by atoms with van der Waals surface area (Å²) in [6.07, 6.45) is 2.59. The van der Waals surface area contributed by atoms with Crippen LogP contribution >= 0.6 is 15.9 Å². The Bertz CT molecular complexity index is 854. The van der Waals surface area contributed by atoms with Crippen LogP contribution in [0.3, 0.4) is 0 Å². The van der Waals surface area contributed by atoms with Crippen molar-refractivity contribution >= 4 is 33.2 Å². The monoisotopic (exact) mass is 357 g/mol. The summed E-state index contributed by atoms with van der Waals surface area (Å²) >= 11 is 3.45. The zero-order valence-electron chi connectivity index (χ0n) is 12.4. The van der Waals surface area contributed by atoms with Gasteiger partial charge in [-0.1, -0.05) is 25.1 Å². The van der Waals surface area contributed by atoms with Gasteiger partial charge in [0.25, 0.3) is 5.91 Å². The minimum Gasteiger partial charge on any atom is -0.320 e. The highest BCUT2D eigenvalue weighted by Crippen LogP contribution is 2.23. The maximum absolute atomic E-state index is 12.7. The molecule has 1 aromatic carbocycles. The van der Waals surface area contributed by atoms with E-state index in [9.17, 15) is 4.79 Å². The fourth-order valence-electron chi connectivity index (χ4n) is 2.48. The summed E-state index contributed by atoms with van der Waals surface area (Å²) in [7, 11) is 0. The molecule has 0 bridgehead atoms. The van der Waals surface area contributed by atoms with E-state index in [2.05, 4.69) is 26.2 Å². The first-order valence-electron chi connectivity index (χ1n) is 7.14. The number of hydrogen-bond acceptors (Lipinski definition) is 2. The highest BCUT2D eigenvalue weighted by atomic mass is 79.9. The molecule has 0 saturated carbocycles. The van der Waals surface area contributed by atoms with E-state index in [1.165, 1.54) is 0 Å². The number of nitrogens with one attached hydrogen (secondary N) is 1. The molecular weight excluding hydrogens is 342 g/mol. The maximum atomic E-state index is 12.7. The number of amides is 1. The van der Waals surface area contributed by atoms with Gasteiger partial charge in [-0.25, -0.2) is 4.98 Å². The lowest BCUT2D eigenvalue weighted by Gasteiger charge is -2.08. The molecule has 3 aromatic rings. The number of aryl methyl sites for hydroxylation is 2. The van der Waals surface area contributed by atoms with Crippen LogP contribution < -0.4 is 5.32 Å². The van der Waals surface area contributed by atoms with Gasteiger partial charge in [0.2, 0.25) is 0 Å². The number of para-hydroxylation sites is 1. The number of carbonyl (C=O) groups excluding carboxylic acids is 1. The van der Waals surface area contributed by atoms with Crippen LogP contribution in [0.4, 0.5) is 5.69 Å². The van der Waals surface area contributed by atoms with E-state index in [-0.39, 0.29) is 5.91 Å². The van der Waals surface area contributed by atoms with Gasteiger partial charge in [0.05, 0.1) is 11.4 Å². The van der Waals surface area contributed by atoms with E-state index >= 15 is 0 Å². The summed E-state index contributed by atoms with van der Waals surface area (Å²) in [5.41, 5.74) is 4.03. The van der Waals surface area contributed by atoms with E-state index in [1.54, 1.807) is 0 Å². The number of fused-ring (bicyclic) bond motifs is 1. The van der Waals surface area contributed by atoms with E-state index in [0.717, 1.165) is 27.1 Å². The normalized spacial score (nSPS) is 10.9. The van der Waals surface area contributed by atoms with Gasteiger partial charge in [-0.2, -0.15) is 0 Å². The Morgan fingerprint density at radius 2 is 2.05 bits per heavy atom. The summed E-state index contributed by atoms with van der Waals surface area (Å²) in [5, 5.41) is 2.95. The first-order valence-corrected chi connectivity index (χ1v) is 7.93. The molecule has 1 amide bonds. The second kappa shape index (κ2) is 5.93. The molecule has 112 valence electrons. The van der Waals surface area contributed by atoms with E-state index < -0.39 is 0 Å². The highest BCUT2D eigenvalue weighted by molar-refractivity contribution is 9.10. The molecule has 0 atom stereocenters. The SMILES string of the molecule is CCc1nc2c(C)cccn2c1C(=O)Nc1ccccc1Br. The first kappa shape index (κ1) is 14.8. The van der Waals surface area contributed by atoms with Crippen LogP contribution in [0.5, 0.6) is 0 Å². The number of hydrogen-bond donors (Lipinski definition) is 1. The molecule has 2 heterocycles. The van der Waals surface area contributed by atoms with Gasteiger partial charge < -0.3 is 5.32 Å². The van der Waals surface area contributed by atoms with Crippen molar-refractivity contribution in [1.82, 2.24) is 9.38 Å². The molecular formula is C17H16BrN3O. The predicted octanol–water partition coefficient (Wildman–Crippen LogP) is 4.22. The fraction of sp³-hybridized carbons (Fsp3) is 0.176. The van der Waals surface area contributed by atoms with E-state index in [4.69, 9.17) is 0 Å². The van der Waals surface area contributed by atoms with Crippen LogP contribution in [-0.4, -0.2) is 15.3 Å². The number of anilines is 1. The minimum atomic E-state index is -0.151. The topological polar surface area (TPSA) is 46.4 Å². The van der Waals surface area contributed by atoms with Gasteiger partial charge >= 0.3 is 0 Å². The van der Waals surface area contributed by atoms with Crippen LogP contribution in [0, 0.1) is 6.92 Å². The number of imidazole rings is 1. The molecule has 0 aliphatic rings. The number of nitrogens with zero attached hydrogens (tertiary/aromatic N) is 2. The third-order valence-electron chi connectivity index (χ3n) is 3.59. The number of benzene rings is 1. The second-order valence-electron chi connectivity index (χ2n) is 5.08. The number of carbonyl (C=O) groups is 1. The quantitative estimate of drug-likeness (QED) is 0.762. The zero-order valence-corrected chi connectivity index (χ0v) is 14.0. The lowest BCUT2D eigenvalue weighted by Crippen LogP contribution is -2.16. The molecule has 0 aliphatic heterocycles. The highest BCUT2D eigenvalue weighted by Gasteiger charge is 2.19. The summed E-state index contributed by atoms with van der Waals surface area (Å²) < 4.78 is 2.71. The molecule has 0 unspecified atom stereocenters. The van der Waals surface area contributed by atoms with Crippen molar-refractivity contribution in [2.75, 3.05) is 5.32 Å². The van der Waals surface area contributed by atoms with Gasteiger partial charge in [-0.05, 0) is 53.0 Å². The Labute approximate surface area is 137 Å². The molecule has 0 aliphatic carbocycles. The number of halogens is 1. The molecule has 4 nitrogen and oxygen atoms in total. The van der Waals surface area contributed by atoms with Crippen LogP contribution in [-0.2, 0) is 6.42 Å². The van der Waals surface area contributed by atoms with Gasteiger partial charge in [0, 0.05) is 10.7 Å². The number of pyridine rings is 1. The van der Waals surface area contributed by atoms with Crippen LogP contribution in [0.1, 0.15) is 28.7 Å². The summed E-state index contributed by atoms with van der Waals surface area (Å²) in [4.78, 5) is 17.3. The van der Waals surface area contributed by atoms with Crippen LogP contribution in [0.15, 0.2) is 47.1 Å². The lowest BCUT2D eigenvalue weighted by molar-refractivity contribution is 0.102. The minimum absolute atomic E-state index is 0.151. The summed E-state index contributed by atoms with van der Waals surface area (Å²) in [6, 6.07) is 11.5. The van der Waals surface area contributed by atoms with Crippen LogP contribution in [0.25, 0.3) is 5.65 Å². The molecule has 0 fully saturated rings. The smallest absolute Gasteiger partial charge is 0.274 e. The molecule has 0 radical (unpaired) electrons. The van der Waals surface area contributed by atoms with Crippen molar-refractivity contribution in [3.63, 3.8) is 0 Å². The van der Waals surface area contributed by atoms with Gasteiger partial charge in [0.15, 0.2) is 0 Å². The van der Waals surface area contributed by atoms with Gasteiger partial charge in [-0.3, -0.25) is 9.20 Å². The van der Waals surface area contributed by atoms with E-state index in [1.807, 2.05) is 60.8 Å².